The standard InChI is InChI=1S/C16H24N4O2/c1-2-20-10-13(8-18-20)7-17-14-5-15(6-14)19(11-16(21)22)9-12-3-4-12/h2,8,10,12,14-15,17H,1,3-7,9,11H2,(H,21,22). The predicted molar refractivity (Wildman–Crippen MR) is 84.2 cm³/mol. The highest BCUT2D eigenvalue weighted by Gasteiger charge is 2.36. The van der Waals surface area contributed by atoms with Gasteiger partial charge >= 0.3 is 5.97 Å². The third-order valence-corrected chi connectivity index (χ3v) is 4.59. The molecule has 0 saturated heterocycles. The van der Waals surface area contributed by atoms with E-state index in [-0.39, 0.29) is 6.54 Å². The van der Waals surface area contributed by atoms with Crippen LogP contribution in [0.4, 0.5) is 0 Å². The van der Waals surface area contributed by atoms with Gasteiger partial charge in [0.25, 0.3) is 0 Å². The second-order valence-electron chi connectivity index (χ2n) is 6.48. The number of hydrogen-bond donors (Lipinski definition) is 2. The second-order valence-corrected chi connectivity index (χ2v) is 6.48. The maximum absolute atomic E-state index is 11.0. The van der Waals surface area contributed by atoms with Crippen LogP contribution in [0, 0.1) is 5.92 Å². The molecule has 0 unspecified atom stereocenters. The fourth-order valence-corrected chi connectivity index (χ4v) is 3.03. The number of aliphatic carboxylic acids is 1. The van der Waals surface area contributed by atoms with Crippen molar-refractivity contribution in [2.24, 2.45) is 5.92 Å². The summed E-state index contributed by atoms with van der Waals surface area (Å²) in [6.45, 7) is 5.61. The Morgan fingerprint density at radius 3 is 2.91 bits per heavy atom. The smallest absolute Gasteiger partial charge is 0.317 e. The number of hydrogen-bond acceptors (Lipinski definition) is 4. The van der Waals surface area contributed by atoms with Crippen molar-refractivity contribution in [2.45, 2.75) is 44.3 Å². The Morgan fingerprint density at radius 1 is 1.55 bits per heavy atom. The lowest BCUT2D eigenvalue weighted by atomic mass is 9.85. The molecule has 0 aliphatic heterocycles. The topological polar surface area (TPSA) is 70.4 Å². The highest BCUT2D eigenvalue weighted by molar-refractivity contribution is 5.69. The maximum atomic E-state index is 11.0. The van der Waals surface area contributed by atoms with Crippen LogP contribution in [0.3, 0.4) is 0 Å². The summed E-state index contributed by atoms with van der Waals surface area (Å²) < 4.78 is 1.70. The quantitative estimate of drug-likeness (QED) is 0.721. The van der Waals surface area contributed by atoms with Crippen LogP contribution >= 0.6 is 0 Å². The first-order valence-corrected chi connectivity index (χ1v) is 7.99. The molecule has 2 aliphatic rings. The first-order valence-electron chi connectivity index (χ1n) is 7.99. The van der Waals surface area contributed by atoms with Crippen molar-refractivity contribution >= 4 is 12.2 Å². The van der Waals surface area contributed by atoms with Gasteiger partial charge in [0.1, 0.15) is 0 Å². The zero-order chi connectivity index (χ0) is 15.5. The van der Waals surface area contributed by atoms with Gasteiger partial charge in [-0.15, -0.1) is 0 Å². The summed E-state index contributed by atoms with van der Waals surface area (Å²) in [7, 11) is 0. The van der Waals surface area contributed by atoms with Gasteiger partial charge in [-0.3, -0.25) is 9.69 Å². The van der Waals surface area contributed by atoms with E-state index >= 15 is 0 Å². The van der Waals surface area contributed by atoms with E-state index in [9.17, 15) is 4.79 Å². The van der Waals surface area contributed by atoms with Gasteiger partial charge in [-0.2, -0.15) is 5.10 Å². The monoisotopic (exact) mass is 304 g/mol. The van der Waals surface area contributed by atoms with Crippen LogP contribution in [0.15, 0.2) is 19.0 Å². The zero-order valence-corrected chi connectivity index (χ0v) is 12.8. The second kappa shape index (κ2) is 6.62. The molecule has 6 nitrogen and oxygen atoms in total. The minimum atomic E-state index is -0.714. The summed E-state index contributed by atoms with van der Waals surface area (Å²) in [6.07, 6.45) is 10.1. The fourth-order valence-electron chi connectivity index (χ4n) is 3.03. The third kappa shape index (κ3) is 3.96. The largest absolute Gasteiger partial charge is 0.480 e. The third-order valence-electron chi connectivity index (χ3n) is 4.59. The first-order chi connectivity index (χ1) is 10.6. The minimum Gasteiger partial charge on any atom is -0.480 e. The van der Waals surface area contributed by atoms with Crippen molar-refractivity contribution in [1.29, 1.82) is 0 Å². The Balaban J connectivity index is 1.41. The zero-order valence-electron chi connectivity index (χ0n) is 12.8. The van der Waals surface area contributed by atoms with Gasteiger partial charge in [-0.05, 0) is 31.6 Å². The molecule has 0 atom stereocenters. The van der Waals surface area contributed by atoms with Gasteiger partial charge in [-0.1, -0.05) is 6.58 Å². The molecule has 0 amide bonds. The van der Waals surface area contributed by atoms with E-state index in [0.717, 1.165) is 37.4 Å². The lowest BCUT2D eigenvalue weighted by Crippen LogP contribution is -2.54. The molecule has 2 aliphatic carbocycles. The maximum Gasteiger partial charge on any atom is 0.317 e. The van der Waals surface area contributed by atoms with Crippen LogP contribution in [-0.2, 0) is 11.3 Å². The van der Waals surface area contributed by atoms with Crippen molar-refractivity contribution in [1.82, 2.24) is 20.0 Å². The molecule has 1 aromatic rings. The van der Waals surface area contributed by atoms with Gasteiger partial charge in [0.2, 0.25) is 0 Å². The number of aromatic nitrogens is 2. The van der Waals surface area contributed by atoms with E-state index in [1.807, 2.05) is 12.4 Å². The van der Waals surface area contributed by atoms with E-state index in [2.05, 4.69) is 21.9 Å². The highest BCUT2D eigenvalue weighted by atomic mass is 16.4. The molecule has 0 aromatic carbocycles. The molecule has 0 bridgehead atoms. The lowest BCUT2D eigenvalue weighted by Gasteiger charge is -2.43. The Kier molecular flexibility index (Phi) is 4.59. The summed E-state index contributed by atoms with van der Waals surface area (Å²) in [6, 6.07) is 0.901. The Hall–Kier alpha value is -1.66. The number of carboxylic acid groups (broad SMARTS) is 1. The molecule has 22 heavy (non-hydrogen) atoms. The fraction of sp³-hybridized carbons (Fsp3) is 0.625. The normalized spacial score (nSPS) is 24.2. The molecule has 6 heteroatoms. The van der Waals surface area contributed by atoms with Crippen molar-refractivity contribution in [3.63, 3.8) is 0 Å². The molecule has 2 fully saturated rings. The average molecular weight is 304 g/mol. The van der Waals surface area contributed by atoms with Crippen molar-refractivity contribution in [3.05, 3.63) is 24.5 Å². The molecule has 1 heterocycles. The number of nitrogens with one attached hydrogen (secondary N) is 1. The molecule has 0 radical (unpaired) electrons. The highest BCUT2D eigenvalue weighted by Crippen LogP contribution is 2.33. The molecular weight excluding hydrogens is 280 g/mol. The van der Waals surface area contributed by atoms with Gasteiger partial charge < -0.3 is 10.4 Å². The van der Waals surface area contributed by atoms with E-state index in [1.54, 1.807) is 10.9 Å². The lowest BCUT2D eigenvalue weighted by molar-refractivity contribution is -0.139. The predicted octanol–water partition coefficient (Wildman–Crippen LogP) is 1.40. The number of carboxylic acids is 1. The average Bonchev–Trinajstić information content (AvgIpc) is 3.12. The number of carbonyl (C=O) groups is 1. The van der Waals surface area contributed by atoms with Crippen LogP contribution < -0.4 is 5.32 Å². The van der Waals surface area contributed by atoms with Crippen molar-refractivity contribution in [2.75, 3.05) is 13.1 Å². The SMILES string of the molecule is C=Cn1cc(CNC2CC(N(CC(=O)O)CC3CC3)C2)cn1. The van der Waals surface area contributed by atoms with E-state index in [0.29, 0.717) is 12.1 Å². The molecule has 120 valence electrons. The van der Waals surface area contributed by atoms with Crippen LogP contribution in [0.2, 0.25) is 0 Å². The van der Waals surface area contributed by atoms with Gasteiger partial charge in [0.05, 0.1) is 12.7 Å². The van der Waals surface area contributed by atoms with E-state index in [4.69, 9.17) is 5.11 Å². The molecule has 1 aromatic heterocycles. The Labute approximate surface area is 130 Å². The molecule has 2 saturated carbocycles. The Bertz CT molecular complexity index is 532. The summed E-state index contributed by atoms with van der Waals surface area (Å²) in [4.78, 5) is 13.2. The summed E-state index contributed by atoms with van der Waals surface area (Å²) in [5.74, 6) is 0.0185. The van der Waals surface area contributed by atoms with E-state index < -0.39 is 5.97 Å². The van der Waals surface area contributed by atoms with Crippen LogP contribution in [0.5, 0.6) is 0 Å². The summed E-state index contributed by atoms with van der Waals surface area (Å²) in [5.41, 5.74) is 1.14. The minimum absolute atomic E-state index is 0.181. The summed E-state index contributed by atoms with van der Waals surface area (Å²) >= 11 is 0. The van der Waals surface area contributed by atoms with Gasteiger partial charge in [-0.25, -0.2) is 4.68 Å². The van der Waals surface area contributed by atoms with E-state index in [1.165, 1.54) is 12.8 Å². The number of nitrogens with zero attached hydrogens (tertiary/aromatic N) is 3. The van der Waals surface area contributed by atoms with Crippen molar-refractivity contribution < 1.29 is 9.90 Å². The molecule has 0 spiro atoms. The Morgan fingerprint density at radius 2 is 2.32 bits per heavy atom. The first kappa shape index (κ1) is 15.2. The molecule has 2 N–H and O–H groups in total. The number of rotatable bonds is 9. The van der Waals surface area contributed by atoms with Crippen LogP contribution in [0.25, 0.3) is 6.20 Å². The van der Waals surface area contributed by atoms with Crippen LogP contribution in [-0.4, -0.2) is 50.9 Å². The summed E-state index contributed by atoms with van der Waals surface area (Å²) in [5, 5.41) is 16.7. The van der Waals surface area contributed by atoms with Crippen molar-refractivity contribution in [3.8, 4) is 0 Å². The van der Waals surface area contributed by atoms with Gasteiger partial charge in [0, 0.05) is 43.1 Å². The van der Waals surface area contributed by atoms with Gasteiger partial charge in [0.15, 0.2) is 0 Å². The molecular formula is C16H24N4O2. The molecule has 3 rings (SSSR count). The van der Waals surface area contributed by atoms with Crippen LogP contribution in [0.1, 0.15) is 31.2 Å².